The van der Waals surface area contributed by atoms with Gasteiger partial charge in [-0.25, -0.2) is 9.37 Å². The number of fused-ring (bicyclic) bond motifs is 1. The van der Waals surface area contributed by atoms with Gasteiger partial charge < -0.3 is 4.90 Å². The van der Waals surface area contributed by atoms with Gasteiger partial charge in [0.1, 0.15) is 5.82 Å². The number of carbonyl (C=O) groups excluding carboxylic acids is 1. The summed E-state index contributed by atoms with van der Waals surface area (Å²) in [4.78, 5) is 19.4. The normalized spacial score (nSPS) is 17.8. The number of aromatic nitrogens is 1. The quantitative estimate of drug-likeness (QED) is 0.571. The van der Waals surface area contributed by atoms with Gasteiger partial charge in [-0.15, -0.1) is 11.3 Å². The standard InChI is InChI=1S/C19H16BrFN2OS/c20-15-8-7-13(21)10-14(15)19(24)23-9-3-4-12(11-23)18-22-16-5-1-2-6-17(16)25-18/h1-2,5-8,10,12H,3-4,9,11H2/t12-/m1/s1. The first-order chi connectivity index (χ1) is 12.1. The number of amides is 1. The molecule has 0 saturated carbocycles. The molecule has 1 fully saturated rings. The first-order valence-electron chi connectivity index (χ1n) is 8.21. The van der Waals surface area contributed by atoms with Crippen molar-refractivity contribution in [3.63, 3.8) is 0 Å². The number of thiazole rings is 1. The Kier molecular flexibility index (Phi) is 4.56. The van der Waals surface area contributed by atoms with E-state index in [0.717, 1.165) is 23.4 Å². The summed E-state index contributed by atoms with van der Waals surface area (Å²) in [5.74, 6) is -0.286. The van der Waals surface area contributed by atoms with Crippen molar-refractivity contribution in [3.8, 4) is 0 Å². The molecule has 1 atom stereocenters. The van der Waals surface area contributed by atoms with Crippen LogP contribution in [0, 0.1) is 5.82 Å². The van der Waals surface area contributed by atoms with E-state index in [1.807, 2.05) is 23.1 Å². The molecule has 1 aliphatic heterocycles. The van der Waals surface area contributed by atoms with Gasteiger partial charge in [-0.2, -0.15) is 0 Å². The second kappa shape index (κ2) is 6.84. The molecule has 128 valence electrons. The zero-order valence-electron chi connectivity index (χ0n) is 13.4. The highest BCUT2D eigenvalue weighted by Gasteiger charge is 2.28. The molecule has 3 nitrogen and oxygen atoms in total. The van der Waals surface area contributed by atoms with Crippen LogP contribution < -0.4 is 0 Å². The molecular formula is C19H16BrFN2OS. The maximum absolute atomic E-state index is 13.5. The van der Waals surface area contributed by atoms with Gasteiger partial charge >= 0.3 is 0 Å². The van der Waals surface area contributed by atoms with Gasteiger partial charge in [-0.1, -0.05) is 12.1 Å². The number of carbonyl (C=O) groups is 1. The Labute approximate surface area is 157 Å². The van der Waals surface area contributed by atoms with Crippen molar-refractivity contribution in [1.29, 1.82) is 0 Å². The van der Waals surface area contributed by atoms with E-state index >= 15 is 0 Å². The van der Waals surface area contributed by atoms with E-state index in [2.05, 4.69) is 22.0 Å². The summed E-state index contributed by atoms with van der Waals surface area (Å²) in [6.45, 7) is 1.32. The summed E-state index contributed by atoms with van der Waals surface area (Å²) >= 11 is 5.06. The number of benzene rings is 2. The van der Waals surface area contributed by atoms with Crippen molar-refractivity contribution in [2.75, 3.05) is 13.1 Å². The zero-order valence-corrected chi connectivity index (χ0v) is 15.8. The minimum atomic E-state index is -0.397. The van der Waals surface area contributed by atoms with E-state index in [0.29, 0.717) is 23.1 Å². The number of nitrogens with zero attached hydrogens (tertiary/aromatic N) is 2. The van der Waals surface area contributed by atoms with Crippen molar-refractivity contribution in [2.45, 2.75) is 18.8 Å². The van der Waals surface area contributed by atoms with Crippen molar-refractivity contribution in [1.82, 2.24) is 9.88 Å². The van der Waals surface area contributed by atoms with Crippen LogP contribution in [0.3, 0.4) is 0 Å². The zero-order chi connectivity index (χ0) is 17.4. The first-order valence-corrected chi connectivity index (χ1v) is 9.82. The largest absolute Gasteiger partial charge is 0.338 e. The summed E-state index contributed by atoms with van der Waals surface area (Å²) in [6, 6.07) is 12.3. The van der Waals surface area contributed by atoms with E-state index in [9.17, 15) is 9.18 Å². The molecule has 1 aliphatic rings. The van der Waals surface area contributed by atoms with Gasteiger partial charge in [0.15, 0.2) is 0 Å². The summed E-state index contributed by atoms with van der Waals surface area (Å²) in [5.41, 5.74) is 1.39. The summed E-state index contributed by atoms with van der Waals surface area (Å²) in [7, 11) is 0. The molecule has 2 aromatic carbocycles. The Morgan fingerprint density at radius 2 is 2.12 bits per heavy atom. The van der Waals surface area contributed by atoms with Crippen LogP contribution in [-0.2, 0) is 0 Å². The van der Waals surface area contributed by atoms with Crippen LogP contribution in [0.15, 0.2) is 46.9 Å². The average Bonchev–Trinajstić information content (AvgIpc) is 3.07. The molecule has 0 N–H and O–H groups in total. The van der Waals surface area contributed by atoms with Crippen LogP contribution in [0.4, 0.5) is 4.39 Å². The van der Waals surface area contributed by atoms with Crippen LogP contribution in [0.5, 0.6) is 0 Å². The van der Waals surface area contributed by atoms with Crippen LogP contribution >= 0.6 is 27.3 Å². The number of piperidine rings is 1. The second-order valence-corrected chi connectivity index (χ2v) is 8.15. The molecule has 0 radical (unpaired) electrons. The molecule has 1 aromatic heterocycles. The molecule has 0 aliphatic carbocycles. The van der Waals surface area contributed by atoms with E-state index in [4.69, 9.17) is 4.98 Å². The Balaban J connectivity index is 1.58. The fourth-order valence-electron chi connectivity index (χ4n) is 3.26. The number of likely N-dealkylation sites (tertiary alicyclic amines) is 1. The highest BCUT2D eigenvalue weighted by atomic mass is 79.9. The van der Waals surface area contributed by atoms with Gasteiger partial charge in [-0.05, 0) is 59.1 Å². The Morgan fingerprint density at radius 3 is 2.96 bits per heavy atom. The summed E-state index contributed by atoms with van der Waals surface area (Å²) < 4.78 is 15.3. The molecule has 1 amide bonds. The fourth-order valence-corrected chi connectivity index (χ4v) is 4.77. The average molecular weight is 419 g/mol. The lowest BCUT2D eigenvalue weighted by atomic mass is 9.98. The first kappa shape index (κ1) is 16.7. The topological polar surface area (TPSA) is 33.2 Å². The van der Waals surface area contributed by atoms with Gasteiger partial charge in [0, 0.05) is 23.5 Å². The molecule has 0 spiro atoms. The molecule has 2 heterocycles. The summed E-state index contributed by atoms with van der Waals surface area (Å²) in [5, 5.41) is 1.08. The molecule has 3 aromatic rings. The van der Waals surface area contributed by atoms with Gasteiger partial charge in [0.2, 0.25) is 0 Å². The third-order valence-electron chi connectivity index (χ3n) is 4.53. The van der Waals surface area contributed by atoms with Crippen molar-refractivity contribution in [3.05, 3.63) is 63.3 Å². The third kappa shape index (κ3) is 3.33. The Bertz CT molecular complexity index is 909. The minimum Gasteiger partial charge on any atom is -0.338 e. The van der Waals surface area contributed by atoms with E-state index in [1.165, 1.54) is 16.8 Å². The molecule has 0 bridgehead atoms. The van der Waals surface area contributed by atoms with Gasteiger partial charge in [-0.3, -0.25) is 4.79 Å². The van der Waals surface area contributed by atoms with Crippen molar-refractivity contribution < 1.29 is 9.18 Å². The monoisotopic (exact) mass is 418 g/mol. The predicted molar refractivity (Wildman–Crippen MR) is 102 cm³/mol. The molecule has 25 heavy (non-hydrogen) atoms. The maximum Gasteiger partial charge on any atom is 0.255 e. The lowest BCUT2D eigenvalue weighted by molar-refractivity contribution is 0.0705. The molecule has 0 unspecified atom stereocenters. The van der Waals surface area contributed by atoms with Crippen LogP contribution in [-0.4, -0.2) is 28.9 Å². The second-order valence-electron chi connectivity index (χ2n) is 6.23. The van der Waals surface area contributed by atoms with Gasteiger partial charge in [0.05, 0.1) is 20.8 Å². The smallest absolute Gasteiger partial charge is 0.255 e. The molecule has 6 heteroatoms. The van der Waals surface area contributed by atoms with E-state index < -0.39 is 5.82 Å². The predicted octanol–water partition coefficient (Wildman–Crippen LogP) is 5.22. The highest BCUT2D eigenvalue weighted by molar-refractivity contribution is 9.10. The number of halogens is 2. The van der Waals surface area contributed by atoms with E-state index in [1.54, 1.807) is 17.4 Å². The SMILES string of the molecule is O=C(c1cc(F)ccc1Br)N1CCC[C@@H](c2nc3ccccc3s2)C1. The lowest BCUT2D eigenvalue weighted by Gasteiger charge is -2.32. The minimum absolute atomic E-state index is 0.128. The fraction of sp³-hybridized carbons (Fsp3) is 0.263. The Morgan fingerprint density at radius 1 is 1.28 bits per heavy atom. The van der Waals surface area contributed by atoms with Crippen molar-refractivity contribution >= 4 is 43.4 Å². The Hall–Kier alpha value is -1.79. The van der Waals surface area contributed by atoms with Crippen LogP contribution in [0.1, 0.15) is 34.1 Å². The van der Waals surface area contributed by atoms with Crippen LogP contribution in [0.2, 0.25) is 0 Å². The number of para-hydroxylation sites is 1. The number of hydrogen-bond acceptors (Lipinski definition) is 3. The highest BCUT2D eigenvalue weighted by Crippen LogP contribution is 2.33. The lowest BCUT2D eigenvalue weighted by Crippen LogP contribution is -2.39. The van der Waals surface area contributed by atoms with Gasteiger partial charge in [0.25, 0.3) is 5.91 Å². The van der Waals surface area contributed by atoms with E-state index in [-0.39, 0.29) is 11.8 Å². The molecule has 1 saturated heterocycles. The maximum atomic E-state index is 13.5. The third-order valence-corrected chi connectivity index (χ3v) is 6.42. The van der Waals surface area contributed by atoms with Crippen LogP contribution in [0.25, 0.3) is 10.2 Å². The van der Waals surface area contributed by atoms with Crippen molar-refractivity contribution in [2.24, 2.45) is 0 Å². The molecule has 4 rings (SSSR count). The molecular weight excluding hydrogens is 403 g/mol. The number of rotatable bonds is 2. The number of hydrogen-bond donors (Lipinski definition) is 0. The summed E-state index contributed by atoms with van der Waals surface area (Å²) in [6.07, 6.45) is 1.95.